The highest BCUT2D eigenvalue weighted by Gasteiger charge is 2.00. The maximum atomic E-state index is 12.4. The van der Waals surface area contributed by atoms with Gasteiger partial charge < -0.3 is 0 Å². The Bertz CT molecular complexity index is 523. The number of benzene rings is 2. The van der Waals surface area contributed by atoms with Crippen molar-refractivity contribution in [1.82, 2.24) is 0 Å². The van der Waals surface area contributed by atoms with Gasteiger partial charge in [0.2, 0.25) is 0 Å². The first kappa shape index (κ1) is 13.9. The Hall–Kier alpha value is -2.17. The minimum absolute atomic E-state index is 0.124. The fourth-order valence-electron chi connectivity index (χ4n) is 1.06. The molecule has 0 unspecified atom stereocenters. The monoisotopic (exact) mass is 256 g/mol. The molecular formula is C13H8F4O. The largest absolute Gasteiger partial charge is 0.298 e. The average molecular weight is 256 g/mol. The van der Waals surface area contributed by atoms with Crippen molar-refractivity contribution in [3.63, 3.8) is 0 Å². The number of hydrogen-bond donors (Lipinski definition) is 0. The molecule has 18 heavy (non-hydrogen) atoms. The van der Waals surface area contributed by atoms with Gasteiger partial charge in [-0.15, -0.1) is 0 Å². The molecule has 0 aromatic heterocycles. The van der Waals surface area contributed by atoms with Crippen LogP contribution >= 0.6 is 0 Å². The summed E-state index contributed by atoms with van der Waals surface area (Å²) in [5.74, 6) is -2.58. The van der Waals surface area contributed by atoms with Gasteiger partial charge in [-0.05, 0) is 24.3 Å². The van der Waals surface area contributed by atoms with E-state index in [9.17, 15) is 22.4 Å². The molecule has 0 atom stereocenters. The Balaban J connectivity index is 0.000000184. The Morgan fingerprint density at radius 3 is 1.72 bits per heavy atom. The van der Waals surface area contributed by atoms with E-state index in [0.29, 0.717) is 12.4 Å². The van der Waals surface area contributed by atoms with Crippen LogP contribution in [-0.4, -0.2) is 6.29 Å². The number of halogens is 4. The van der Waals surface area contributed by atoms with E-state index >= 15 is 0 Å². The minimum Gasteiger partial charge on any atom is -0.298 e. The molecule has 0 fully saturated rings. The van der Waals surface area contributed by atoms with Gasteiger partial charge in [0.15, 0.2) is 6.29 Å². The molecule has 0 spiro atoms. The molecule has 1 nitrogen and oxygen atoms in total. The molecule has 0 saturated heterocycles. The van der Waals surface area contributed by atoms with E-state index in [1.54, 1.807) is 0 Å². The van der Waals surface area contributed by atoms with Crippen molar-refractivity contribution < 1.29 is 22.4 Å². The quantitative estimate of drug-likeness (QED) is 0.561. The molecule has 0 aliphatic rings. The Morgan fingerprint density at radius 2 is 1.33 bits per heavy atom. The van der Waals surface area contributed by atoms with E-state index in [0.717, 1.165) is 18.2 Å². The maximum Gasteiger partial charge on any atom is 0.152 e. The van der Waals surface area contributed by atoms with Gasteiger partial charge in [0.25, 0.3) is 0 Å². The zero-order chi connectivity index (χ0) is 13.5. The zero-order valence-corrected chi connectivity index (χ0v) is 9.04. The first-order valence-electron chi connectivity index (χ1n) is 4.84. The molecule has 2 aromatic carbocycles. The van der Waals surface area contributed by atoms with Gasteiger partial charge in [-0.1, -0.05) is 6.07 Å². The molecule has 0 aliphatic heterocycles. The fourth-order valence-corrected chi connectivity index (χ4v) is 1.06. The van der Waals surface area contributed by atoms with Crippen molar-refractivity contribution in [2.45, 2.75) is 0 Å². The van der Waals surface area contributed by atoms with Crippen LogP contribution in [0.25, 0.3) is 0 Å². The molecule has 2 aromatic rings. The van der Waals surface area contributed by atoms with Gasteiger partial charge in [-0.2, -0.15) is 0 Å². The van der Waals surface area contributed by atoms with Crippen LogP contribution in [0.4, 0.5) is 17.6 Å². The molecule has 0 heterocycles. The number of rotatable bonds is 1. The molecule has 0 N–H and O–H groups in total. The lowest BCUT2D eigenvalue weighted by atomic mass is 10.2. The fraction of sp³-hybridized carbons (Fsp3) is 0. The number of aldehydes is 1. The first-order chi connectivity index (χ1) is 8.52. The van der Waals surface area contributed by atoms with Crippen LogP contribution in [0, 0.1) is 23.3 Å². The highest BCUT2D eigenvalue weighted by molar-refractivity contribution is 5.74. The number of carbonyl (C=O) groups excluding carboxylic acids is 1. The SMILES string of the molecule is Fc1cccc(F)c1.O=Cc1ccc(F)cc1F. The lowest BCUT2D eigenvalue weighted by Gasteiger charge is -1.91. The summed E-state index contributed by atoms with van der Waals surface area (Å²) >= 11 is 0. The van der Waals surface area contributed by atoms with Gasteiger partial charge in [-0.3, -0.25) is 4.79 Å². The summed E-state index contributed by atoms with van der Waals surface area (Å²) in [5, 5.41) is 0. The summed E-state index contributed by atoms with van der Waals surface area (Å²) in [7, 11) is 0. The highest BCUT2D eigenvalue weighted by atomic mass is 19.1. The topological polar surface area (TPSA) is 17.1 Å². The van der Waals surface area contributed by atoms with Crippen LogP contribution in [-0.2, 0) is 0 Å². The molecular weight excluding hydrogens is 248 g/mol. The molecule has 94 valence electrons. The molecule has 5 heteroatoms. The van der Waals surface area contributed by atoms with E-state index in [1.807, 2.05) is 0 Å². The minimum atomic E-state index is -0.824. The van der Waals surface area contributed by atoms with Crippen LogP contribution in [0.2, 0.25) is 0 Å². The van der Waals surface area contributed by atoms with Crippen molar-refractivity contribution in [2.24, 2.45) is 0 Å². The molecule has 2 rings (SSSR count). The molecule has 0 aliphatic carbocycles. The predicted octanol–water partition coefficient (Wildman–Crippen LogP) is 3.74. The maximum absolute atomic E-state index is 12.4. The Labute approximate surface area is 101 Å². The predicted molar refractivity (Wildman–Crippen MR) is 58.1 cm³/mol. The third-order valence-corrected chi connectivity index (χ3v) is 1.88. The van der Waals surface area contributed by atoms with Crippen LogP contribution in [0.1, 0.15) is 10.4 Å². The summed E-state index contributed by atoms with van der Waals surface area (Å²) in [6.45, 7) is 0. The Kier molecular flexibility index (Phi) is 5.05. The third-order valence-electron chi connectivity index (χ3n) is 1.88. The van der Waals surface area contributed by atoms with E-state index in [4.69, 9.17) is 0 Å². The van der Waals surface area contributed by atoms with E-state index < -0.39 is 23.3 Å². The zero-order valence-electron chi connectivity index (χ0n) is 9.04. The number of carbonyl (C=O) groups is 1. The summed E-state index contributed by atoms with van der Waals surface area (Å²) in [4.78, 5) is 9.98. The molecule has 0 bridgehead atoms. The van der Waals surface area contributed by atoms with Crippen LogP contribution in [0.15, 0.2) is 42.5 Å². The Morgan fingerprint density at radius 1 is 0.778 bits per heavy atom. The normalized spacial score (nSPS) is 9.33. The van der Waals surface area contributed by atoms with Crippen LogP contribution in [0.5, 0.6) is 0 Å². The average Bonchev–Trinajstić information content (AvgIpc) is 2.29. The van der Waals surface area contributed by atoms with Crippen molar-refractivity contribution in [3.05, 3.63) is 71.3 Å². The van der Waals surface area contributed by atoms with Crippen LogP contribution in [0.3, 0.4) is 0 Å². The molecule has 0 radical (unpaired) electrons. The lowest BCUT2D eigenvalue weighted by molar-refractivity contribution is 0.111. The third kappa shape index (κ3) is 4.37. The molecule has 0 saturated carbocycles. The summed E-state index contributed by atoms with van der Waals surface area (Å²) < 4.78 is 48.4. The standard InChI is InChI=1S/C7H4F2O.C6H4F2/c8-6-2-1-5(4-10)7(9)3-6;7-5-2-1-3-6(8)4-5/h1-4H;1-4H. The van der Waals surface area contributed by atoms with Crippen molar-refractivity contribution >= 4 is 6.29 Å². The van der Waals surface area contributed by atoms with Gasteiger partial charge >= 0.3 is 0 Å². The highest BCUT2D eigenvalue weighted by Crippen LogP contribution is 2.06. The second-order valence-corrected chi connectivity index (χ2v) is 3.22. The van der Waals surface area contributed by atoms with E-state index in [1.165, 1.54) is 18.2 Å². The lowest BCUT2D eigenvalue weighted by Crippen LogP contribution is -1.87. The summed E-state index contributed by atoms with van der Waals surface area (Å²) in [5.41, 5.74) is -0.124. The smallest absolute Gasteiger partial charge is 0.152 e. The second kappa shape index (κ2) is 6.54. The van der Waals surface area contributed by atoms with E-state index in [-0.39, 0.29) is 5.56 Å². The van der Waals surface area contributed by atoms with E-state index in [2.05, 4.69) is 0 Å². The number of hydrogen-bond acceptors (Lipinski definition) is 1. The van der Waals surface area contributed by atoms with Crippen LogP contribution < -0.4 is 0 Å². The van der Waals surface area contributed by atoms with Crippen molar-refractivity contribution in [3.8, 4) is 0 Å². The van der Waals surface area contributed by atoms with Gasteiger partial charge in [0.05, 0.1) is 5.56 Å². The van der Waals surface area contributed by atoms with Gasteiger partial charge in [0.1, 0.15) is 23.3 Å². The van der Waals surface area contributed by atoms with Gasteiger partial charge in [-0.25, -0.2) is 17.6 Å². The first-order valence-corrected chi connectivity index (χ1v) is 4.84. The van der Waals surface area contributed by atoms with Gasteiger partial charge in [0, 0.05) is 12.1 Å². The second-order valence-electron chi connectivity index (χ2n) is 3.22. The van der Waals surface area contributed by atoms with Crippen molar-refractivity contribution in [2.75, 3.05) is 0 Å². The van der Waals surface area contributed by atoms with Crippen molar-refractivity contribution in [1.29, 1.82) is 0 Å². The molecule has 0 amide bonds. The summed E-state index contributed by atoms with van der Waals surface area (Å²) in [6.07, 6.45) is 0.342. The summed E-state index contributed by atoms with van der Waals surface area (Å²) in [6, 6.07) is 7.35.